The van der Waals surface area contributed by atoms with E-state index in [0.29, 0.717) is 11.6 Å². The van der Waals surface area contributed by atoms with E-state index in [2.05, 4.69) is 31.3 Å². The first kappa shape index (κ1) is 19.5. The third kappa shape index (κ3) is 4.53. The van der Waals surface area contributed by atoms with Gasteiger partial charge in [0.15, 0.2) is 17.2 Å². The van der Waals surface area contributed by atoms with E-state index in [1.54, 1.807) is 17.6 Å². The summed E-state index contributed by atoms with van der Waals surface area (Å²) in [6.45, 7) is 6.39. The molecule has 0 amide bonds. The zero-order chi connectivity index (χ0) is 19.6. The quantitative estimate of drug-likeness (QED) is 0.546. The number of phenolic OH excluding ortho intramolecular Hbond substituents is 3. The van der Waals surface area contributed by atoms with E-state index in [1.165, 1.54) is 31.4 Å². The number of hydrogen-bond acceptors (Lipinski definition) is 6. The molecule has 0 atom stereocenters. The Morgan fingerprint density at radius 2 is 1.70 bits per heavy atom. The zero-order valence-corrected chi connectivity index (χ0v) is 16.8. The van der Waals surface area contributed by atoms with Gasteiger partial charge in [-0.3, -0.25) is 4.99 Å². The van der Waals surface area contributed by atoms with Gasteiger partial charge in [0.2, 0.25) is 4.80 Å². The van der Waals surface area contributed by atoms with Crippen LogP contribution in [-0.2, 0) is 5.41 Å². The van der Waals surface area contributed by atoms with Crippen molar-refractivity contribution in [3.05, 3.63) is 33.6 Å². The summed E-state index contributed by atoms with van der Waals surface area (Å²) in [5, 5.41) is 35.6. The van der Waals surface area contributed by atoms with E-state index in [-0.39, 0.29) is 16.9 Å². The van der Waals surface area contributed by atoms with Gasteiger partial charge in [-0.2, -0.15) is 5.10 Å². The predicted molar refractivity (Wildman–Crippen MR) is 108 cm³/mol. The van der Waals surface area contributed by atoms with E-state index in [4.69, 9.17) is 4.99 Å². The van der Waals surface area contributed by atoms with Crippen molar-refractivity contribution in [1.29, 1.82) is 0 Å². The Balaban J connectivity index is 2.02. The second kappa shape index (κ2) is 7.76. The number of thiazole rings is 1. The molecule has 7 heteroatoms. The van der Waals surface area contributed by atoms with Gasteiger partial charge in [-0.25, -0.2) is 4.68 Å². The molecule has 2 aromatic rings. The topological polar surface area (TPSA) is 90.3 Å². The number of benzene rings is 1. The molecule has 1 aliphatic carbocycles. The van der Waals surface area contributed by atoms with Gasteiger partial charge in [0.05, 0.1) is 18.0 Å². The van der Waals surface area contributed by atoms with E-state index in [0.717, 1.165) is 23.3 Å². The van der Waals surface area contributed by atoms with Crippen LogP contribution in [0, 0.1) is 0 Å². The second-order valence-corrected chi connectivity index (χ2v) is 8.88. The van der Waals surface area contributed by atoms with Crippen LogP contribution in [-0.4, -0.2) is 32.3 Å². The molecular formula is C20H27N3O3S. The fourth-order valence-electron chi connectivity index (χ4n) is 3.19. The Hall–Kier alpha value is -2.28. The van der Waals surface area contributed by atoms with Crippen molar-refractivity contribution < 1.29 is 15.3 Å². The van der Waals surface area contributed by atoms with Gasteiger partial charge in [0, 0.05) is 16.4 Å². The van der Waals surface area contributed by atoms with Crippen LogP contribution in [0.1, 0.15) is 64.1 Å². The molecule has 1 fully saturated rings. The van der Waals surface area contributed by atoms with Crippen LogP contribution in [0.4, 0.5) is 0 Å². The number of aromatic nitrogens is 1. The van der Waals surface area contributed by atoms with Crippen LogP contribution in [0.2, 0.25) is 0 Å². The van der Waals surface area contributed by atoms with Crippen LogP contribution in [0.15, 0.2) is 27.6 Å². The first-order valence-corrected chi connectivity index (χ1v) is 10.2. The minimum atomic E-state index is -0.529. The SMILES string of the molecule is CC(C)(C)c1csc(=NC2CCCCC2)n1N=Cc1cc(O)c(O)c(O)c1. The highest BCUT2D eigenvalue weighted by Gasteiger charge is 2.21. The average Bonchev–Trinajstić information content (AvgIpc) is 3.01. The Morgan fingerprint density at radius 3 is 2.30 bits per heavy atom. The molecule has 0 spiro atoms. The molecule has 0 bridgehead atoms. The van der Waals surface area contributed by atoms with Crippen LogP contribution in [0.3, 0.4) is 0 Å². The van der Waals surface area contributed by atoms with Crippen molar-refractivity contribution in [2.75, 3.05) is 0 Å². The minimum absolute atomic E-state index is 0.104. The van der Waals surface area contributed by atoms with Gasteiger partial charge >= 0.3 is 0 Å². The maximum atomic E-state index is 9.70. The second-order valence-electron chi connectivity index (χ2n) is 8.04. The number of rotatable bonds is 3. The fourth-order valence-corrected chi connectivity index (χ4v) is 4.32. The first-order valence-electron chi connectivity index (χ1n) is 9.30. The maximum Gasteiger partial charge on any atom is 0.206 e. The molecule has 0 unspecified atom stereocenters. The summed E-state index contributed by atoms with van der Waals surface area (Å²) < 4.78 is 1.85. The normalized spacial score (nSPS) is 17.1. The van der Waals surface area contributed by atoms with Crippen LogP contribution in [0.5, 0.6) is 17.2 Å². The van der Waals surface area contributed by atoms with Gasteiger partial charge < -0.3 is 15.3 Å². The summed E-state index contributed by atoms with van der Waals surface area (Å²) in [5.41, 5.74) is 1.43. The lowest BCUT2D eigenvalue weighted by Crippen LogP contribution is -2.24. The van der Waals surface area contributed by atoms with E-state index < -0.39 is 5.75 Å². The molecule has 1 saturated carbocycles. The minimum Gasteiger partial charge on any atom is -0.504 e. The monoisotopic (exact) mass is 389 g/mol. The van der Waals surface area contributed by atoms with Gasteiger partial charge in [0.25, 0.3) is 0 Å². The summed E-state index contributed by atoms with van der Waals surface area (Å²) in [7, 11) is 0. The lowest BCUT2D eigenvalue weighted by atomic mass is 9.93. The Bertz CT molecular complexity index is 877. The number of aromatic hydroxyl groups is 3. The van der Waals surface area contributed by atoms with Crippen LogP contribution < -0.4 is 4.80 Å². The Morgan fingerprint density at radius 1 is 1.07 bits per heavy atom. The van der Waals surface area contributed by atoms with Crippen LogP contribution >= 0.6 is 11.3 Å². The molecule has 6 nitrogen and oxygen atoms in total. The smallest absolute Gasteiger partial charge is 0.206 e. The lowest BCUT2D eigenvalue weighted by molar-refractivity contribution is 0.368. The average molecular weight is 390 g/mol. The molecular weight excluding hydrogens is 362 g/mol. The van der Waals surface area contributed by atoms with E-state index in [9.17, 15) is 15.3 Å². The molecule has 0 saturated heterocycles. The molecule has 1 heterocycles. The molecule has 27 heavy (non-hydrogen) atoms. The maximum absolute atomic E-state index is 9.70. The molecule has 3 N–H and O–H groups in total. The highest BCUT2D eigenvalue weighted by Crippen LogP contribution is 2.34. The Kier molecular flexibility index (Phi) is 5.60. The van der Waals surface area contributed by atoms with Crippen molar-refractivity contribution in [3.8, 4) is 17.2 Å². The highest BCUT2D eigenvalue weighted by atomic mass is 32.1. The van der Waals surface area contributed by atoms with Crippen molar-refractivity contribution in [3.63, 3.8) is 0 Å². The summed E-state index contributed by atoms with van der Waals surface area (Å²) in [6.07, 6.45) is 7.52. The van der Waals surface area contributed by atoms with E-state index >= 15 is 0 Å². The van der Waals surface area contributed by atoms with Crippen LogP contribution in [0.25, 0.3) is 0 Å². The summed E-state index contributed by atoms with van der Waals surface area (Å²) in [4.78, 5) is 5.80. The molecule has 1 aromatic carbocycles. The Labute approximate surface area is 163 Å². The van der Waals surface area contributed by atoms with Gasteiger partial charge in [-0.05, 0) is 25.0 Å². The molecule has 0 radical (unpaired) electrons. The van der Waals surface area contributed by atoms with Crippen molar-refractivity contribution in [2.24, 2.45) is 10.1 Å². The molecule has 1 aromatic heterocycles. The van der Waals surface area contributed by atoms with Crippen molar-refractivity contribution in [1.82, 2.24) is 4.68 Å². The van der Waals surface area contributed by atoms with E-state index in [1.807, 2.05) is 4.68 Å². The first-order chi connectivity index (χ1) is 12.8. The largest absolute Gasteiger partial charge is 0.504 e. The molecule has 1 aliphatic rings. The standard InChI is InChI=1S/C20H27N3O3S/c1-20(2,3)17-12-27-19(22-14-7-5-4-6-8-14)23(17)21-11-13-9-15(24)18(26)16(25)10-13/h9-12,14,24-26H,4-8H2,1-3H3. The van der Waals surface area contributed by atoms with Gasteiger partial charge in [-0.1, -0.05) is 40.0 Å². The lowest BCUT2D eigenvalue weighted by Gasteiger charge is -2.19. The third-order valence-electron chi connectivity index (χ3n) is 4.74. The fraction of sp³-hybridized carbons (Fsp3) is 0.500. The number of nitrogens with zero attached hydrogens (tertiary/aromatic N) is 3. The van der Waals surface area contributed by atoms with Crippen molar-refractivity contribution >= 4 is 17.6 Å². The molecule has 0 aliphatic heterocycles. The summed E-state index contributed by atoms with van der Waals surface area (Å²) >= 11 is 1.58. The summed E-state index contributed by atoms with van der Waals surface area (Å²) in [5.74, 6) is -1.29. The highest BCUT2D eigenvalue weighted by molar-refractivity contribution is 7.07. The summed E-state index contributed by atoms with van der Waals surface area (Å²) in [6, 6.07) is 3.06. The van der Waals surface area contributed by atoms with Gasteiger partial charge in [-0.15, -0.1) is 11.3 Å². The number of phenols is 3. The zero-order valence-electron chi connectivity index (χ0n) is 16.0. The molecule has 146 valence electrons. The third-order valence-corrected chi connectivity index (χ3v) is 5.57. The van der Waals surface area contributed by atoms with Gasteiger partial charge in [0.1, 0.15) is 0 Å². The predicted octanol–water partition coefficient (Wildman–Crippen LogP) is 4.08. The van der Waals surface area contributed by atoms with Crippen molar-refractivity contribution in [2.45, 2.75) is 64.3 Å². The number of hydrogen-bond donors (Lipinski definition) is 3. The molecule has 3 rings (SSSR count).